The molecule has 1 unspecified atom stereocenters. The smallest absolute Gasteiger partial charge is 0.417 e. The fourth-order valence-corrected chi connectivity index (χ4v) is 4.92. The molecule has 0 aliphatic carbocycles. The quantitative estimate of drug-likeness (QED) is 0.397. The first-order valence-corrected chi connectivity index (χ1v) is 9.39. The summed E-state index contributed by atoms with van der Waals surface area (Å²) in [5.41, 5.74) is 0.459. The van der Waals surface area contributed by atoms with Crippen molar-refractivity contribution in [1.29, 1.82) is 0 Å². The van der Waals surface area contributed by atoms with Crippen LogP contribution in [0, 0.1) is 17.0 Å². The second-order valence-electron chi connectivity index (χ2n) is 3.99. The minimum atomic E-state index is -3.27. The summed E-state index contributed by atoms with van der Waals surface area (Å²) in [7, 11) is 0. The van der Waals surface area contributed by atoms with Gasteiger partial charge >= 0.3 is 6.80 Å². The second-order valence-corrected chi connectivity index (χ2v) is 8.11. The summed E-state index contributed by atoms with van der Waals surface area (Å²) in [6, 6.07) is 4.27. The van der Waals surface area contributed by atoms with Crippen LogP contribution in [-0.2, 0) is 9.09 Å². The predicted octanol–water partition coefficient (Wildman–Crippen LogP) is 4.57. The third-order valence-corrected chi connectivity index (χ3v) is 6.28. The molecule has 0 aliphatic rings. The molecule has 1 aromatic rings. The number of rotatable bonds is 8. The zero-order valence-electron chi connectivity index (χ0n) is 11.7. The molecule has 0 fully saturated rings. The Labute approximate surface area is 122 Å². The van der Waals surface area contributed by atoms with Gasteiger partial charge in [0.1, 0.15) is 5.75 Å². The van der Waals surface area contributed by atoms with Crippen molar-refractivity contribution in [2.24, 2.45) is 0 Å². The van der Waals surface area contributed by atoms with E-state index in [1.165, 1.54) is 18.2 Å². The van der Waals surface area contributed by atoms with Crippen LogP contribution < -0.4 is 4.52 Å². The lowest BCUT2D eigenvalue weighted by atomic mass is 10.2. The fourth-order valence-electron chi connectivity index (χ4n) is 1.47. The van der Waals surface area contributed by atoms with Crippen LogP contribution >= 0.6 is 18.2 Å². The molecule has 0 saturated heterocycles. The minimum absolute atomic E-state index is 0.00445. The van der Waals surface area contributed by atoms with Crippen LogP contribution in [-0.4, -0.2) is 17.3 Å². The van der Waals surface area contributed by atoms with Gasteiger partial charge in [0.2, 0.25) is 0 Å². The second kappa shape index (κ2) is 7.67. The molecule has 1 atom stereocenters. The summed E-state index contributed by atoms with van der Waals surface area (Å²) < 4.78 is 23.1. The van der Waals surface area contributed by atoms with Crippen molar-refractivity contribution in [3.05, 3.63) is 33.9 Å². The van der Waals surface area contributed by atoms with E-state index in [0.29, 0.717) is 17.1 Å². The minimum Gasteiger partial charge on any atom is -0.417 e. The third kappa shape index (κ3) is 4.81. The Morgan fingerprint density at radius 3 is 2.60 bits per heavy atom. The number of nitrogens with zero attached hydrogens (tertiary/aromatic N) is 1. The van der Waals surface area contributed by atoms with E-state index in [9.17, 15) is 14.7 Å². The molecule has 0 N–H and O–H groups in total. The summed E-state index contributed by atoms with van der Waals surface area (Å²) in [5.74, 6) is 0.969. The van der Waals surface area contributed by atoms with E-state index >= 15 is 0 Å². The first kappa shape index (κ1) is 17.0. The zero-order chi connectivity index (χ0) is 15.2. The van der Waals surface area contributed by atoms with Crippen LogP contribution in [0.2, 0.25) is 0 Å². The molecule has 0 aromatic heterocycles. The van der Waals surface area contributed by atoms with Crippen molar-refractivity contribution >= 4 is 23.9 Å². The number of benzene rings is 1. The third-order valence-electron chi connectivity index (χ3n) is 2.32. The Morgan fingerprint density at radius 1 is 1.40 bits per heavy atom. The van der Waals surface area contributed by atoms with Crippen LogP contribution in [0.4, 0.5) is 5.69 Å². The highest BCUT2D eigenvalue weighted by Gasteiger charge is 2.27. The summed E-state index contributed by atoms with van der Waals surface area (Å²) in [6.07, 6.45) is 0.852. The lowest BCUT2D eigenvalue weighted by Crippen LogP contribution is -1.97. The number of aryl methyl sites for hydroxylation is 1. The predicted molar refractivity (Wildman–Crippen MR) is 80.4 cm³/mol. The summed E-state index contributed by atoms with van der Waals surface area (Å²) in [6.45, 7) is 2.33. The lowest BCUT2D eigenvalue weighted by molar-refractivity contribution is -0.385. The van der Waals surface area contributed by atoms with Gasteiger partial charge in [-0.2, -0.15) is 0 Å². The summed E-state index contributed by atoms with van der Waals surface area (Å²) >= 11 is 1.14. The van der Waals surface area contributed by atoms with Gasteiger partial charge in [-0.15, -0.1) is 0 Å². The van der Waals surface area contributed by atoms with Gasteiger partial charge in [-0.25, -0.2) is 4.57 Å². The van der Waals surface area contributed by atoms with E-state index in [2.05, 4.69) is 0 Å². The average molecular weight is 319 g/mol. The number of nitro groups is 1. The summed E-state index contributed by atoms with van der Waals surface area (Å²) in [5, 5.41) is 10.7. The molecule has 0 aliphatic heterocycles. The molecule has 0 amide bonds. The van der Waals surface area contributed by atoms with Gasteiger partial charge < -0.3 is 4.52 Å². The molecule has 0 radical (unpaired) electrons. The molecule has 6 nitrogen and oxygen atoms in total. The van der Waals surface area contributed by atoms with Gasteiger partial charge in [0.05, 0.1) is 11.5 Å². The van der Waals surface area contributed by atoms with E-state index in [1.807, 2.05) is 6.92 Å². The van der Waals surface area contributed by atoms with Crippen LogP contribution in [0.1, 0.15) is 25.8 Å². The first-order chi connectivity index (χ1) is 9.41. The average Bonchev–Trinajstić information content (AvgIpc) is 2.36. The monoisotopic (exact) mass is 319 g/mol. The summed E-state index contributed by atoms with van der Waals surface area (Å²) in [4.78, 5) is 10.3. The Kier molecular flexibility index (Phi) is 6.52. The van der Waals surface area contributed by atoms with Crippen LogP contribution in [0.3, 0.4) is 0 Å². The van der Waals surface area contributed by atoms with Gasteiger partial charge in [-0.3, -0.25) is 14.6 Å². The Morgan fingerprint density at radius 2 is 2.10 bits per heavy atom. The molecule has 20 heavy (non-hydrogen) atoms. The number of nitro benzene ring substituents is 1. The van der Waals surface area contributed by atoms with Crippen molar-refractivity contribution in [2.75, 3.05) is 12.4 Å². The largest absolute Gasteiger partial charge is 0.440 e. The van der Waals surface area contributed by atoms with E-state index in [4.69, 9.17) is 9.05 Å². The van der Waals surface area contributed by atoms with Crippen LogP contribution in [0.15, 0.2) is 18.2 Å². The standard InChI is InChI=1S/C12H18NO5PS/c1-4-8-20-19(16,17-5-2)18-11-6-7-12(13(14)15)10(3)9-11/h6-7,9H,4-5,8H2,1-3H3. The molecule has 1 rings (SSSR count). The Balaban J connectivity index is 2.91. The van der Waals surface area contributed by atoms with Gasteiger partial charge in [-0.05, 0) is 43.8 Å². The molecule has 1 aromatic carbocycles. The van der Waals surface area contributed by atoms with E-state index in [1.54, 1.807) is 13.8 Å². The van der Waals surface area contributed by atoms with Crippen molar-refractivity contribution in [2.45, 2.75) is 27.2 Å². The van der Waals surface area contributed by atoms with Gasteiger partial charge in [0.25, 0.3) is 5.69 Å². The van der Waals surface area contributed by atoms with Crippen molar-refractivity contribution in [1.82, 2.24) is 0 Å². The van der Waals surface area contributed by atoms with Gasteiger partial charge in [-0.1, -0.05) is 6.92 Å². The topological polar surface area (TPSA) is 78.7 Å². The van der Waals surface area contributed by atoms with Crippen molar-refractivity contribution < 1.29 is 18.5 Å². The SMILES string of the molecule is CCCSP(=O)(OCC)Oc1ccc([N+](=O)[O-])c(C)c1. The van der Waals surface area contributed by atoms with Gasteiger partial charge in [0, 0.05) is 17.4 Å². The maximum Gasteiger partial charge on any atom is 0.440 e. The maximum absolute atomic E-state index is 12.5. The first-order valence-electron chi connectivity index (χ1n) is 6.25. The molecule has 0 saturated carbocycles. The fraction of sp³-hybridized carbons (Fsp3) is 0.500. The zero-order valence-corrected chi connectivity index (χ0v) is 13.4. The van der Waals surface area contributed by atoms with Crippen LogP contribution in [0.5, 0.6) is 5.75 Å². The molecule has 0 heterocycles. The van der Waals surface area contributed by atoms with E-state index in [-0.39, 0.29) is 12.3 Å². The highest BCUT2D eigenvalue weighted by Crippen LogP contribution is 2.60. The molecule has 8 heteroatoms. The lowest BCUT2D eigenvalue weighted by Gasteiger charge is -2.17. The molecule has 112 valence electrons. The van der Waals surface area contributed by atoms with Gasteiger partial charge in [0.15, 0.2) is 0 Å². The molecular weight excluding hydrogens is 301 g/mol. The van der Waals surface area contributed by atoms with E-state index in [0.717, 1.165) is 17.8 Å². The molecular formula is C12H18NO5PS. The van der Waals surface area contributed by atoms with Crippen LogP contribution in [0.25, 0.3) is 0 Å². The van der Waals surface area contributed by atoms with Crippen molar-refractivity contribution in [3.8, 4) is 5.75 Å². The molecule has 0 bridgehead atoms. The highest BCUT2D eigenvalue weighted by atomic mass is 32.7. The van der Waals surface area contributed by atoms with E-state index < -0.39 is 11.7 Å². The number of hydrogen-bond acceptors (Lipinski definition) is 6. The van der Waals surface area contributed by atoms with Crippen molar-refractivity contribution in [3.63, 3.8) is 0 Å². The Bertz CT molecular complexity index is 523. The highest BCUT2D eigenvalue weighted by molar-refractivity contribution is 8.55. The molecule has 0 spiro atoms. The Hall–Kier alpha value is -1.04. The number of hydrogen-bond donors (Lipinski definition) is 0. The maximum atomic E-state index is 12.5. The normalized spacial score (nSPS) is 13.8.